The van der Waals surface area contributed by atoms with Crippen LogP contribution in [-0.4, -0.2) is 20.2 Å². The second-order valence-corrected chi connectivity index (χ2v) is 7.08. The molecule has 0 bridgehead atoms. The van der Waals surface area contributed by atoms with E-state index in [0.717, 1.165) is 22.9 Å². The van der Waals surface area contributed by atoms with Crippen LogP contribution in [0.4, 0.5) is 4.79 Å². The van der Waals surface area contributed by atoms with Crippen LogP contribution in [-0.2, 0) is 10.7 Å². The molecular weight excluding hydrogens is 311 g/mol. The molecular formula is C14H13O5PS. The minimum Gasteiger partial charge on any atom is -0.473 e. The van der Waals surface area contributed by atoms with E-state index in [4.69, 9.17) is 14.9 Å². The minimum absolute atomic E-state index is 0.276. The quantitative estimate of drug-likeness (QED) is 0.585. The first-order valence-electron chi connectivity index (χ1n) is 5.98. The van der Waals surface area contributed by atoms with Gasteiger partial charge in [-0.1, -0.05) is 36.4 Å². The largest absolute Gasteiger partial charge is 0.473 e. The fraction of sp³-hybridized carbons (Fsp3) is 0.0714. The van der Waals surface area contributed by atoms with E-state index in [9.17, 15) is 9.36 Å². The SMILES string of the molecule is O=C(O)Sc1ccc(-c2ccc(CP(=O)(O)O)cc2)cc1. The van der Waals surface area contributed by atoms with E-state index in [0.29, 0.717) is 10.5 Å². The molecule has 0 fully saturated rings. The summed E-state index contributed by atoms with van der Waals surface area (Å²) in [6.07, 6.45) is -0.276. The van der Waals surface area contributed by atoms with Gasteiger partial charge in [-0.15, -0.1) is 0 Å². The van der Waals surface area contributed by atoms with Crippen LogP contribution in [0.3, 0.4) is 0 Å². The van der Waals surface area contributed by atoms with Gasteiger partial charge in [-0.3, -0.25) is 4.57 Å². The maximum atomic E-state index is 10.9. The molecule has 0 aliphatic rings. The molecule has 7 heteroatoms. The molecule has 0 unspecified atom stereocenters. The van der Waals surface area contributed by atoms with Gasteiger partial charge in [-0.25, -0.2) is 4.79 Å². The van der Waals surface area contributed by atoms with E-state index in [1.54, 1.807) is 36.4 Å². The third kappa shape index (κ3) is 5.02. The lowest BCUT2D eigenvalue weighted by Crippen LogP contribution is -1.87. The van der Waals surface area contributed by atoms with E-state index in [1.165, 1.54) is 0 Å². The first kappa shape index (κ1) is 15.8. The maximum absolute atomic E-state index is 10.9. The molecule has 0 aromatic heterocycles. The van der Waals surface area contributed by atoms with Crippen LogP contribution in [0.1, 0.15) is 5.56 Å². The third-order valence-corrected chi connectivity index (χ3v) is 4.19. The van der Waals surface area contributed by atoms with Gasteiger partial charge < -0.3 is 14.9 Å². The summed E-state index contributed by atoms with van der Waals surface area (Å²) in [5.41, 5.74) is 2.38. The number of hydrogen-bond acceptors (Lipinski definition) is 3. The average molecular weight is 324 g/mol. The van der Waals surface area contributed by atoms with Gasteiger partial charge in [0.25, 0.3) is 0 Å². The molecule has 0 amide bonds. The molecule has 3 N–H and O–H groups in total. The molecule has 0 saturated heterocycles. The Labute approximate surface area is 125 Å². The summed E-state index contributed by atoms with van der Waals surface area (Å²) in [6.45, 7) is 0. The molecule has 2 aromatic carbocycles. The zero-order valence-electron chi connectivity index (χ0n) is 10.8. The van der Waals surface area contributed by atoms with Gasteiger partial charge in [0.15, 0.2) is 0 Å². The molecule has 2 aromatic rings. The lowest BCUT2D eigenvalue weighted by atomic mass is 10.0. The van der Waals surface area contributed by atoms with Crippen molar-refractivity contribution in [3.8, 4) is 11.1 Å². The highest BCUT2D eigenvalue weighted by molar-refractivity contribution is 8.13. The predicted octanol–water partition coefficient (Wildman–Crippen LogP) is 3.80. The summed E-state index contributed by atoms with van der Waals surface area (Å²) in [7, 11) is -4.05. The zero-order valence-corrected chi connectivity index (χ0v) is 12.6. The van der Waals surface area contributed by atoms with Crippen LogP contribution in [0.2, 0.25) is 0 Å². The molecule has 5 nitrogen and oxygen atoms in total. The summed E-state index contributed by atoms with van der Waals surface area (Å²) >= 11 is 0.741. The van der Waals surface area contributed by atoms with Crippen molar-refractivity contribution in [1.29, 1.82) is 0 Å². The van der Waals surface area contributed by atoms with E-state index in [-0.39, 0.29) is 6.16 Å². The molecule has 0 radical (unpaired) electrons. The molecule has 2 rings (SSSR count). The first-order chi connectivity index (χ1) is 9.83. The summed E-state index contributed by atoms with van der Waals surface area (Å²) in [5.74, 6) is 0. The van der Waals surface area contributed by atoms with E-state index in [2.05, 4.69) is 0 Å². The van der Waals surface area contributed by atoms with Crippen LogP contribution in [0.25, 0.3) is 11.1 Å². The van der Waals surface area contributed by atoms with Gasteiger partial charge in [0.05, 0.1) is 6.16 Å². The molecule has 0 saturated carbocycles. The lowest BCUT2D eigenvalue weighted by molar-refractivity contribution is 0.222. The Kier molecular flexibility index (Phi) is 4.85. The van der Waals surface area contributed by atoms with Gasteiger partial charge in [0.2, 0.25) is 0 Å². The van der Waals surface area contributed by atoms with Crippen LogP contribution in [0.15, 0.2) is 53.4 Å². The van der Waals surface area contributed by atoms with Crippen molar-refractivity contribution in [2.24, 2.45) is 0 Å². The first-order valence-corrected chi connectivity index (χ1v) is 8.60. The summed E-state index contributed by atoms with van der Waals surface area (Å²) in [5, 5.41) is 7.72. The van der Waals surface area contributed by atoms with Crippen molar-refractivity contribution in [3.05, 3.63) is 54.1 Å². The minimum atomic E-state index is -4.05. The fourth-order valence-corrected chi connectivity index (χ4v) is 3.02. The molecule has 0 spiro atoms. The van der Waals surface area contributed by atoms with E-state index in [1.807, 2.05) is 12.1 Å². The highest BCUT2D eigenvalue weighted by atomic mass is 32.2. The monoisotopic (exact) mass is 324 g/mol. The fourth-order valence-electron chi connectivity index (χ4n) is 1.86. The molecule has 0 aliphatic heterocycles. The zero-order chi connectivity index (χ0) is 15.5. The molecule has 0 atom stereocenters. The van der Waals surface area contributed by atoms with Gasteiger partial charge >= 0.3 is 12.9 Å². The Hall–Kier alpha value is -1.59. The maximum Gasteiger partial charge on any atom is 0.369 e. The average Bonchev–Trinajstić information content (AvgIpc) is 2.38. The van der Waals surface area contributed by atoms with E-state index < -0.39 is 12.9 Å². The number of hydrogen-bond donors (Lipinski definition) is 3. The molecule has 110 valence electrons. The normalized spacial score (nSPS) is 11.3. The van der Waals surface area contributed by atoms with Crippen LogP contribution >= 0.6 is 19.4 Å². The Bertz CT molecular complexity index is 676. The second kappa shape index (κ2) is 6.45. The summed E-state index contributed by atoms with van der Waals surface area (Å²) in [6, 6.07) is 14.0. The predicted molar refractivity (Wildman–Crippen MR) is 81.5 cm³/mol. The molecule has 0 aliphatic carbocycles. The Balaban J connectivity index is 2.15. The number of thioether (sulfide) groups is 1. The number of carboxylic acid groups (broad SMARTS) is 1. The van der Waals surface area contributed by atoms with Crippen molar-refractivity contribution < 1.29 is 24.3 Å². The Morgan fingerprint density at radius 2 is 1.43 bits per heavy atom. The van der Waals surface area contributed by atoms with Gasteiger partial charge in [0, 0.05) is 4.90 Å². The van der Waals surface area contributed by atoms with Crippen molar-refractivity contribution in [1.82, 2.24) is 0 Å². The highest BCUT2D eigenvalue weighted by Gasteiger charge is 2.13. The smallest absolute Gasteiger partial charge is 0.369 e. The molecule has 21 heavy (non-hydrogen) atoms. The van der Waals surface area contributed by atoms with Gasteiger partial charge in [-0.05, 0) is 40.6 Å². The van der Waals surface area contributed by atoms with Crippen molar-refractivity contribution in [3.63, 3.8) is 0 Å². The Morgan fingerprint density at radius 3 is 1.86 bits per heavy atom. The number of benzene rings is 2. The second-order valence-electron chi connectivity index (χ2n) is 4.41. The van der Waals surface area contributed by atoms with Gasteiger partial charge in [-0.2, -0.15) is 0 Å². The summed E-state index contributed by atoms with van der Waals surface area (Å²) < 4.78 is 10.9. The topological polar surface area (TPSA) is 94.8 Å². The van der Waals surface area contributed by atoms with Crippen LogP contribution in [0, 0.1) is 0 Å². The lowest BCUT2D eigenvalue weighted by Gasteiger charge is -2.06. The van der Waals surface area contributed by atoms with Crippen molar-refractivity contribution in [2.75, 3.05) is 0 Å². The molecule has 0 heterocycles. The number of rotatable bonds is 4. The Morgan fingerprint density at radius 1 is 0.952 bits per heavy atom. The van der Waals surface area contributed by atoms with Crippen molar-refractivity contribution >= 4 is 24.7 Å². The third-order valence-electron chi connectivity index (χ3n) is 2.74. The van der Waals surface area contributed by atoms with Crippen molar-refractivity contribution in [2.45, 2.75) is 11.1 Å². The van der Waals surface area contributed by atoms with E-state index >= 15 is 0 Å². The standard InChI is InChI=1S/C14H13O5PS/c15-14(16)21-13-7-5-12(6-8-13)11-3-1-10(2-4-11)9-20(17,18)19/h1-8H,9H2,(H,15,16)(H2,17,18,19). The van der Waals surface area contributed by atoms with Crippen LogP contribution in [0.5, 0.6) is 0 Å². The van der Waals surface area contributed by atoms with Crippen LogP contribution < -0.4 is 0 Å². The van der Waals surface area contributed by atoms with Gasteiger partial charge in [0.1, 0.15) is 0 Å². The highest BCUT2D eigenvalue weighted by Crippen LogP contribution is 2.39. The number of carbonyl (C=O) groups is 1. The summed E-state index contributed by atoms with van der Waals surface area (Å²) in [4.78, 5) is 29.1.